The first-order chi connectivity index (χ1) is 17.5. The number of ether oxygens (including phenoxy) is 3. The van der Waals surface area contributed by atoms with Gasteiger partial charge in [-0.15, -0.1) is 0 Å². The van der Waals surface area contributed by atoms with Gasteiger partial charge in [0.05, 0.1) is 27.0 Å². The Balaban J connectivity index is 1.47. The molecule has 0 spiro atoms. The van der Waals surface area contributed by atoms with Crippen LogP contribution < -0.4 is 24.8 Å². The number of methoxy groups -OCH3 is 2. The average molecular weight is 490 g/mol. The third kappa shape index (κ3) is 7.67. The Kier molecular flexibility index (Phi) is 9.53. The summed E-state index contributed by atoms with van der Waals surface area (Å²) in [7, 11) is 3.13. The van der Waals surface area contributed by atoms with Crippen molar-refractivity contribution in [2.75, 3.05) is 27.4 Å². The minimum atomic E-state index is -0.466. The van der Waals surface area contributed by atoms with Gasteiger partial charge in [0.15, 0.2) is 18.1 Å². The lowest BCUT2D eigenvalue weighted by Crippen LogP contribution is -2.28. The van der Waals surface area contributed by atoms with Gasteiger partial charge in [0.1, 0.15) is 23.2 Å². The molecule has 0 aliphatic heterocycles. The zero-order chi connectivity index (χ0) is 25.8. The van der Waals surface area contributed by atoms with E-state index in [0.717, 1.165) is 5.56 Å². The second-order valence-corrected chi connectivity index (χ2v) is 7.58. The van der Waals surface area contributed by atoms with Gasteiger partial charge in [-0.3, -0.25) is 9.59 Å². The smallest absolute Gasteiger partial charge is 0.261 e. The highest BCUT2D eigenvalue weighted by Gasteiger charge is 2.10. The Hall–Kier alpha value is -4.71. The molecule has 0 saturated carbocycles. The number of rotatable bonds is 12. The number of nitrogens with zero attached hydrogens (tertiary/aromatic N) is 1. The van der Waals surface area contributed by atoms with Crippen LogP contribution in [0.25, 0.3) is 6.08 Å². The molecule has 0 aliphatic rings. The summed E-state index contributed by atoms with van der Waals surface area (Å²) in [5.41, 5.74) is 1.59. The molecular weight excluding hydrogens is 462 g/mol. The maximum atomic E-state index is 12.5. The summed E-state index contributed by atoms with van der Waals surface area (Å²) in [6.45, 7) is 0.482. The summed E-state index contributed by atoms with van der Waals surface area (Å²) >= 11 is 0. The number of furan rings is 1. The molecule has 0 atom stereocenters. The Morgan fingerprint density at radius 1 is 1.03 bits per heavy atom. The third-order valence-electron chi connectivity index (χ3n) is 5.11. The van der Waals surface area contributed by atoms with Gasteiger partial charge < -0.3 is 29.3 Å². The first-order valence-electron chi connectivity index (χ1n) is 11.1. The molecular formula is C27H27N3O6. The van der Waals surface area contributed by atoms with Crippen LogP contribution in [0.4, 0.5) is 0 Å². The van der Waals surface area contributed by atoms with E-state index in [2.05, 4.69) is 10.6 Å². The lowest BCUT2D eigenvalue weighted by Gasteiger charge is -2.10. The van der Waals surface area contributed by atoms with Crippen molar-refractivity contribution in [3.63, 3.8) is 0 Å². The van der Waals surface area contributed by atoms with Gasteiger partial charge in [-0.1, -0.05) is 18.2 Å². The van der Waals surface area contributed by atoms with E-state index in [9.17, 15) is 14.9 Å². The molecule has 0 unspecified atom stereocenters. The monoisotopic (exact) mass is 489 g/mol. The van der Waals surface area contributed by atoms with Crippen LogP contribution in [0.2, 0.25) is 0 Å². The molecule has 36 heavy (non-hydrogen) atoms. The van der Waals surface area contributed by atoms with E-state index in [-0.39, 0.29) is 24.6 Å². The van der Waals surface area contributed by atoms with E-state index < -0.39 is 5.91 Å². The number of nitriles is 1. The normalized spacial score (nSPS) is 10.8. The molecule has 0 fully saturated rings. The number of nitrogens with one attached hydrogen (secondary N) is 2. The average Bonchev–Trinajstić information content (AvgIpc) is 3.43. The number of carbonyl (C=O) groups is 2. The maximum absolute atomic E-state index is 12.5. The van der Waals surface area contributed by atoms with E-state index in [0.29, 0.717) is 41.5 Å². The number of hydrogen-bond donors (Lipinski definition) is 2. The van der Waals surface area contributed by atoms with Gasteiger partial charge in [0, 0.05) is 6.54 Å². The van der Waals surface area contributed by atoms with E-state index >= 15 is 0 Å². The summed E-state index contributed by atoms with van der Waals surface area (Å²) in [6, 6.07) is 17.7. The highest BCUT2D eigenvalue weighted by atomic mass is 16.5. The molecule has 2 aromatic carbocycles. The first-order valence-corrected chi connectivity index (χ1v) is 11.1. The van der Waals surface area contributed by atoms with Crippen molar-refractivity contribution in [2.45, 2.75) is 13.0 Å². The Bertz CT molecular complexity index is 1230. The van der Waals surface area contributed by atoms with Crippen molar-refractivity contribution in [3.05, 3.63) is 83.3 Å². The standard InChI is InChI=1S/C27H27N3O6/c1-33-24-10-7-20(15-25(24)34-2)11-12-29-27(32)21(16-28)14-19-5-8-22(9-6-19)36-18-26(31)30-17-23-4-3-13-35-23/h3-10,13-15H,11-12,17-18H2,1-2H3,(H,29,32)(H,30,31). The van der Waals surface area contributed by atoms with Gasteiger partial charge in [0.2, 0.25) is 0 Å². The van der Waals surface area contributed by atoms with Crippen molar-refractivity contribution in [1.82, 2.24) is 10.6 Å². The number of carbonyl (C=O) groups excluding carboxylic acids is 2. The summed E-state index contributed by atoms with van der Waals surface area (Å²) in [5, 5.41) is 14.9. The van der Waals surface area contributed by atoms with Crippen LogP contribution in [0.1, 0.15) is 16.9 Å². The predicted molar refractivity (Wildman–Crippen MR) is 132 cm³/mol. The van der Waals surface area contributed by atoms with E-state index in [4.69, 9.17) is 18.6 Å². The third-order valence-corrected chi connectivity index (χ3v) is 5.11. The number of benzene rings is 2. The highest BCUT2D eigenvalue weighted by Crippen LogP contribution is 2.27. The highest BCUT2D eigenvalue weighted by molar-refractivity contribution is 6.01. The van der Waals surface area contributed by atoms with Crippen molar-refractivity contribution in [3.8, 4) is 23.3 Å². The van der Waals surface area contributed by atoms with Gasteiger partial charge in [-0.05, 0) is 60.0 Å². The molecule has 0 bridgehead atoms. The van der Waals surface area contributed by atoms with Crippen LogP contribution in [0.5, 0.6) is 17.2 Å². The van der Waals surface area contributed by atoms with Crippen LogP contribution in [-0.4, -0.2) is 39.2 Å². The largest absolute Gasteiger partial charge is 0.493 e. The molecule has 1 aromatic heterocycles. The topological polar surface area (TPSA) is 123 Å². The van der Waals surface area contributed by atoms with Crippen molar-refractivity contribution in [1.29, 1.82) is 5.26 Å². The fourth-order valence-corrected chi connectivity index (χ4v) is 3.23. The summed E-state index contributed by atoms with van der Waals surface area (Å²) < 4.78 is 21.1. The molecule has 0 saturated heterocycles. The van der Waals surface area contributed by atoms with E-state index in [1.165, 1.54) is 12.3 Å². The molecule has 0 radical (unpaired) electrons. The van der Waals surface area contributed by atoms with Crippen LogP contribution in [0, 0.1) is 11.3 Å². The lowest BCUT2D eigenvalue weighted by molar-refractivity contribution is -0.123. The lowest BCUT2D eigenvalue weighted by atomic mass is 10.1. The zero-order valence-corrected chi connectivity index (χ0v) is 20.1. The SMILES string of the molecule is COc1ccc(CCNC(=O)C(C#N)=Cc2ccc(OCC(=O)NCc3ccco3)cc2)cc1OC. The zero-order valence-electron chi connectivity index (χ0n) is 20.1. The molecule has 9 nitrogen and oxygen atoms in total. The molecule has 2 N–H and O–H groups in total. The fraction of sp³-hybridized carbons (Fsp3) is 0.222. The Labute approximate surface area is 209 Å². The van der Waals surface area contributed by atoms with Crippen LogP contribution >= 0.6 is 0 Å². The van der Waals surface area contributed by atoms with Crippen LogP contribution in [0.3, 0.4) is 0 Å². The molecule has 2 amide bonds. The van der Waals surface area contributed by atoms with Crippen LogP contribution in [0.15, 0.2) is 70.9 Å². The number of amides is 2. The quantitative estimate of drug-likeness (QED) is 0.296. The van der Waals surface area contributed by atoms with Gasteiger partial charge in [0.25, 0.3) is 11.8 Å². The predicted octanol–water partition coefficient (Wildman–Crippen LogP) is 3.26. The molecule has 3 rings (SSSR count). The fourth-order valence-electron chi connectivity index (χ4n) is 3.23. The van der Waals surface area contributed by atoms with Crippen molar-refractivity contribution in [2.24, 2.45) is 0 Å². The second-order valence-electron chi connectivity index (χ2n) is 7.58. The van der Waals surface area contributed by atoms with Crippen molar-refractivity contribution < 1.29 is 28.2 Å². The summed E-state index contributed by atoms with van der Waals surface area (Å²) in [5.74, 6) is 1.62. The van der Waals surface area contributed by atoms with Gasteiger partial charge in [-0.2, -0.15) is 5.26 Å². The second kappa shape index (κ2) is 13.2. The molecule has 186 valence electrons. The van der Waals surface area contributed by atoms with E-state index in [1.54, 1.807) is 56.7 Å². The van der Waals surface area contributed by atoms with Crippen molar-refractivity contribution >= 4 is 17.9 Å². The Morgan fingerprint density at radius 2 is 1.81 bits per heavy atom. The minimum Gasteiger partial charge on any atom is -0.493 e. The minimum absolute atomic E-state index is 0.0201. The first kappa shape index (κ1) is 25.9. The van der Waals surface area contributed by atoms with Gasteiger partial charge in [-0.25, -0.2) is 0 Å². The molecule has 0 aliphatic carbocycles. The molecule has 3 aromatic rings. The molecule has 1 heterocycles. The summed E-state index contributed by atoms with van der Waals surface area (Å²) in [4.78, 5) is 24.4. The maximum Gasteiger partial charge on any atom is 0.261 e. The van der Waals surface area contributed by atoms with E-state index in [1.807, 2.05) is 18.2 Å². The number of hydrogen-bond acceptors (Lipinski definition) is 7. The van der Waals surface area contributed by atoms with Gasteiger partial charge >= 0.3 is 0 Å². The molecule has 9 heteroatoms. The van der Waals surface area contributed by atoms with Crippen LogP contribution in [-0.2, 0) is 22.6 Å². The Morgan fingerprint density at radius 3 is 2.47 bits per heavy atom. The summed E-state index contributed by atoms with van der Waals surface area (Å²) in [6.07, 6.45) is 3.59.